The fourth-order valence-electron chi connectivity index (χ4n) is 3.42. The van der Waals surface area contributed by atoms with Crippen molar-refractivity contribution in [3.05, 3.63) is 53.1 Å². The predicted octanol–water partition coefficient (Wildman–Crippen LogP) is 3.97. The number of aryl methyl sites for hydroxylation is 1. The third-order valence-electron chi connectivity index (χ3n) is 5.08. The first-order valence-electron chi connectivity index (χ1n) is 10.2. The van der Waals surface area contributed by atoms with Crippen molar-refractivity contribution < 1.29 is 17.9 Å². The van der Waals surface area contributed by atoms with E-state index >= 15 is 0 Å². The summed E-state index contributed by atoms with van der Waals surface area (Å²) in [6, 6.07) is 12.5. The van der Waals surface area contributed by atoms with Gasteiger partial charge in [-0.05, 0) is 67.3 Å². The number of sulfonamides is 1. The average molecular weight is 483 g/mol. The van der Waals surface area contributed by atoms with Crippen molar-refractivity contribution in [3.63, 3.8) is 0 Å². The third-order valence-corrected chi connectivity index (χ3v) is 8.24. The van der Waals surface area contributed by atoms with Crippen LogP contribution in [0.5, 0.6) is 5.75 Å². The summed E-state index contributed by atoms with van der Waals surface area (Å²) < 4.78 is 32.6. The zero-order valence-electron chi connectivity index (χ0n) is 17.5. The number of nitrogens with one attached hydrogen (secondary N) is 1. The van der Waals surface area contributed by atoms with Crippen LogP contribution in [-0.2, 0) is 21.2 Å². The summed E-state index contributed by atoms with van der Waals surface area (Å²) in [6.45, 7) is 1.66. The van der Waals surface area contributed by atoms with Gasteiger partial charge in [-0.1, -0.05) is 11.6 Å². The van der Waals surface area contributed by atoms with Gasteiger partial charge in [0.1, 0.15) is 5.75 Å². The quantitative estimate of drug-likeness (QED) is 0.409. The average Bonchev–Trinajstić information content (AvgIpc) is 3.32. The maximum absolute atomic E-state index is 12.8. The molecule has 0 aromatic heterocycles. The lowest BCUT2D eigenvalue weighted by Gasteiger charge is -2.17. The van der Waals surface area contributed by atoms with E-state index in [2.05, 4.69) is 5.32 Å². The molecule has 31 heavy (non-hydrogen) atoms. The molecule has 9 heteroatoms. The van der Waals surface area contributed by atoms with Gasteiger partial charge in [0, 0.05) is 41.7 Å². The second-order valence-electron chi connectivity index (χ2n) is 7.24. The lowest BCUT2D eigenvalue weighted by Crippen LogP contribution is -2.28. The van der Waals surface area contributed by atoms with Crippen LogP contribution in [0.3, 0.4) is 0 Å². The first-order chi connectivity index (χ1) is 14.9. The Morgan fingerprint density at radius 2 is 1.87 bits per heavy atom. The van der Waals surface area contributed by atoms with Crippen LogP contribution in [0.1, 0.15) is 24.8 Å². The number of ether oxygens (including phenoxy) is 1. The molecule has 2 aromatic carbocycles. The van der Waals surface area contributed by atoms with E-state index in [1.54, 1.807) is 37.1 Å². The lowest BCUT2D eigenvalue weighted by molar-refractivity contribution is -0.120. The molecular weight excluding hydrogens is 456 g/mol. The van der Waals surface area contributed by atoms with Gasteiger partial charge < -0.3 is 10.1 Å². The van der Waals surface area contributed by atoms with Crippen LogP contribution in [0, 0.1) is 0 Å². The molecule has 1 fully saturated rings. The van der Waals surface area contributed by atoms with Crippen LogP contribution in [-0.4, -0.2) is 51.1 Å². The van der Waals surface area contributed by atoms with E-state index in [4.69, 9.17) is 16.3 Å². The highest BCUT2D eigenvalue weighted by Gasteiger charge is 2.27. The van der Waals surface area contributed by atoms with Gasteiger partial charge in [0.05, 0.1) is 12.0 Å². The number of benzene rings is 2. The van der Waals surface area contributed by atoms with Crippen LogP contribution in [0.2, 0.25) is 5.02 Å². The van der Waals surface area contributed by atoms with E-state index in [1.165, 1.54) is 4.31 Å². The van der Waals surface area contributed by atoms with Gasteiger partial charge in [0.15, 0.2) is 0 Å². The molecule has 1 amide bonds. The van der Waals surface area contributed by atoms with Gasteiger partial charge in [-0.3, -0.25) is 4.79 Å². The van der Waals surface area contributed by atoms with Crippen molar-refractivity contribution in [1.82, 2.24) is 9.62 Å². The second-order valence-corrected chi connectivity index (χ2v) is 10.8. The number of thioether (sulfide) groups is 1. The fourth-order valence-corrected chi connectivity index (χ4v) is 5.88. The van der Waals surface area contributed by atoms with Gasteiger partial charge in [0.2, 0.25) is 15.9 Å². The number of hydrogen-bond acceptors (Lipinski definition) is 5. The highest BCUT2D eigenvalue weighted by molar-refractivity contribution is 7.99. The Balaban J connectivity index is 1.52. The summed E-state index contributed by atoms with van der Waals surface area (Å²) in [7, 11) is -1.96. The van der Waals surface area contributed by atoms with Crippen LogP contribution in [0.25, 0.3) is 0 Å². The monoisotopic (exact) mass is 482 g/mol. The van der Waals surface area contributed by atoms with Crippen molar-refractivity contribution in [2.24, 2.45) is 0 Å². The van der Waals surface area contributed by atoms with Crippen molar-refractivity contribution >= 4 is 39.3 Å². The minimum atomic E-state index is -3.51. The van der Waals surface area contributed by atoms with Gasteiger partial charge >= 0.3 is 0 Å². The molecule has 0 bridgehead atoms. The van der Waals surface area contributed by atoms with Crippen molar-refractivity contribution in [1.29, 1.82) is 0 Å². The number of rotatable bonds is 10. The first kappa shape index (κ1) is 23.9. The van der Waals surface area contributed by atoms with E-state index in [0.717, 1.165) is 23.5 Å². The van der Waals surface area contributed by atoms with Gasteiger partial charge in [-0.2, -0.15) is 4.31 Å². The molecular formula is C22H27ClN2O4S2. The molecule has 1 saturated heterocycles. The Morgan fingerprint density at radius 3 is 2.55 bits per heavy atom. The zero-order valence-corrected chi connectivity index (χ0v) is 19.9. The van der Waals surface area contributed by atoms with Crippen LogP contribution >= 0.6 is 23.4 Å². The Hall–Kier alpha value is -1.74. The van der Waals surface area contributed by atoms with Crippen LogP contribution < -0.4 is 10.1 Å². The molecule has 3 rings (SSSR count). The first-order valence-corrected chi connectivity index (χ1v) is 13.0. The third kappa shape index (κ3) is 6.62. The minimum Gasteiger partial charge on any atom is -0.496 e. The number of carbonyl (C=O) groups is 1. The molecule has 0 atom stereocenters. The Labute approximate surface area is 193 Å². The minimum absolute atomic E-state index is 0.0773. The molecule has 1 aliphatic heterocycles. The van der Waals surface area contributed by atoms with Crippen molar-refractivity contribution in [3.8, 4) is 5.75 Å². The summed E-state index contributed by atoms with van der Waals surface area (Å²) >= 11 is 7.52. The largest absolute Gasteiger partial charge is 0.496 e. The van der Waals surface area contributed by atoms with Crippen LogP contribution in [0.4, 0.5) is 0 Å². The van der Waals surface area contributed by atoms with Gasteiger partial charge in [0.25, 0.3) is 0 Å². The van der Waals surface area contributed by atoms with E-state index in [9.17, 15) is 13.2 Å². The number of amides is 1. The zero-order chi connectivity index (χ0) is 22.3. The summed E-state index contributed by atoms with van der Waals surface area (Å²) in [5.74, 6) is 1.26. The summed E-state index contributed by atoms with van der Waals surface area (Å²) in [5.41, 5.74) is 0.716. The molecule has 0 radical (unpaired) electrons. The molecule has 0 unspecified atom stereocenters. The molecule has 0 saturated carbocycles. The van der Waals surface area contributed by atoms with Crippen LogP contribution in [0.15, 0.2) is 52.3 Å². The topological polar surface area (TPSA) is 75.7 Å². The van der Waals surface area contributed by atoms with Crippen molar-refractivity contribution in [2.75, 3.05) is 32.5 Å². The van der Waals surface area contributed by atoms with E-state index in [0.29, 0.717) is 42.4 Å². The molecule has 1 heterocycles. The molecule has 168 valence electrons. The summed E-state index contributed by atoms with van der Waals surface area (Å²) in [4.78, 5) is 13.6. The smallest absolute Gasteiger partial charge is 0.243 e. The van der Waals surface area contributed by atoms with Gasteiger partial charge in [-0.25, -0.2) is 8.42 Å². The number of carbonyl (C=O) groups excluding carboxylic acids is 1. The van der Waals surface area contributed by atoms with E-state index in [1.807, 2.05) is 24.3 Å². The predicted molar refractivity (Wildman–Crippen MR) is 124 cm³/mol. The summed E-state index contributed by atoms with van der Waals surface area (Å²) in [5, 5.41) is 3.61. The Morgan fingerprint density at radius 1 is 1.16 bits per heavy atom. The molecule has 0 spiro atoms. The maximum Gasteiger partial charge on any atom is 0.243 e. The number of halogens is 1. The molecule has 1 aliphatic rings. The molecule has 2 aromatic rings. The molecule has 0 aliphatic carbocycles. The SMILES string of the molecule is COc1ccc(S(=O)(=O)N2CCCC2)cc1CCC(=O)NCCSc1ccc(Cl)cc1. The Kier molecular flexibility index (Phi) is 8.66. The lowest BCUT2D eigenvalue weighted by atomic mass is 10.1. The standard InChI is InChI=1S/C22H27ClN2O4S2/c1-29-21-10-9-20(31(27,28)25-13-2-3-14-25)16-17(21)4-11-22(26)24-12-15-30-19-7-5-18(23)6-8-19/h5-10,16H,2-4,11-15H2,1H3,(H,24,26). The van der Waals surface area contributed by atoms with E-state index in [-0.39, 0.29) is 17.2 Å². The van der Waals surface area contributed by atoms with Gasteiger partial charge in [-0.15, -0.1) is 11.8 Å². The molecule has 6 nitrogen and oxygen atoms in total. The number of methoxy groups -OCH3 is 1. The van der Waals surface area contributed by atoms with Crippen molar-refractivity contribution in [2.45, 2.75) is 35.5 Å². The highest BCUT2D eigenvalue weighted by atomic mass is 35.5. The highest BCUT2D eigenvalue weighted by Crippen LogP contribution is 2.27. The number of nitrogens with zero attached hydrogens (tertiary/aromatic N) is 1. The van der Waals surface area contributed by atoms with E-state index < -0.39 is 10.0 Å². The number of hydrogen-bond donors (Lipinski definition) is 1. The fraction of sp³-hybridized carbons (Fsp3) is 0.409. The molecule has 1 N–H and O–H groups in total. The Bertz CT molecular complexity index is 991. The normalized spacial score (nSPS) is 14.5. The summed E-state index contributed by atoms with van der Waals surface area (Å²) in [6.07, 6.45) is 2.44. The second kappa shape index (κ2) is 11.2. The maximum atomic E-state index is 12.8.